The molecule has 168 valence electrons. The van der Waals surface area contributed by atoms with Crippen LogP contribution in [-0.2, 0) is 17.8 Å². The average Bonchev–Trinajstić information content (AvgIpc) is 3.41. The van der Waals surface area contributed by atoms with E-state index in [9.17, 15) is 13.6 Å². The van der Waals surface area contributed by atoms with Gasteiger partial charge in [0.05, 0.1) is 5.52 Å². The predicted molar refractivity (Wildman–Crippen MR) is 121 cm³/mol. The number of nitrogens with zero attached hydrogens (tertiary/aromatic N) is 4. The molecular weight excluding hydrogens is 412 g/mol. The van der Waals surface area contributed by atoms with E-state index in [-0.39, 0.29) is 5.82 Å². The molecule has 8 heteroatoms. The van der Waals surface area contributed by atoms with Crippen molar-refractivity contribution in [2.75, 3.05) is 12.4 Å². The fourth-order valence-corrected chi connectivity index (χ4v) is 4.11. The minimum Gasteiger partial charge on any atom is -0.326 e. The molecule has 0 spiro atoms. The first-order valence-electron chi connectivity index (χ1n) is 10.9. The van der Waals surface area contributed by atoms with E-state index in [0.717, 1.165) is 51.6 Å². The Bertz CT molecular complexity index is 1270. The van der Waals surface area contributed by atoms with Gasteiger partial charge in [0.25, 0.3) is 5.92 Å². The molecule has 1 fully saturated rings. The number of carbonyl (C=O) groups is 1. The Hall–Kier alpha value is -3.16. The number of aromatic nitrogens is 3. The first-order chi connectivity index (χ1) is 15.3. The van der Waals surface area contributed by atoms with Gasteiger partial charge in [-0.15, -0.1) is 0 Å². The Morgan fingerprint density at radius 3 is 2.56 bits per heavy atom. The molecular formula is C24H27F2N5O. The second-order valence-corrected chi connectivity index (χ2v) is 8.23. The highest BCUT2D eigenvalue weighted by Gasteiger charge is 2.61. The van der Waals surface area contributed by atoms with Crippen molar-refractivity contribution in [3.05, 3.63) is 47.3 Å². The molecule has 1 N–H and O–H groups in total. The van der Waals surface area contributed by atoms with Gasteiger partial charge in [-0.25, -0.2) is 13.8 Å². The second kappa shape index (κ2) is 8.41. The molecule has 0 aromatic carbocycles. The van der Waals surface area contributed by atoms with Crippen molar-refractivity contribution >= 4 is 22.6 Å². The Labute approximate surface area is 185 Å². The lowest BCUT2D eigenvalue weighted by Gasteiger charge is -2.16. The summed E-state index contributed by atoms with van der Waals surface area (Å²) in [6, 6.07) is 5.84. The largest absolute Gasteiger partial charge is 0.326 e. The van der Waals surface area contributed by atoms with Gasteiger partial charge < -0.3 is 9.88 Å². The van der Waals surface area contributed by atoms with E-state index in [4.69, 9.17) is 0 Å². The first-order valence-corrected chi connectivity index (χ1v) is 10.9. The van der Waals surface area contributed by atoms with Gasteiger partial charge in [-0.1, -0.05) is 13.3 Å². The number of fused-ring (bicyclic) bond motifs is 1. The predicted octanol–water partition coefficient (Wildman–Crippen LogP) is 4.50. The molecule has 0 saturated heterocycles. The molecule has 0 aliphatic heterocycles. The third kappa shape index (κ3) is 4.01. The molecule has 1 saturated carbocycles. The third-order valence-corrected chi connectivity index (χ3v) is 5.88. The number of amides is 1. The van der Waals surface area contributed by atoms with Crippen molar-refractivity contribution in [3.63, 3.8) is 0 Å². The lowest BCUT2D eigenvalue weighted by Crippen LogP contribution is -2.24. The monoisotopic (exact) mass is 439 g/mol. The molecule has 4 rings (SSSR count). The molecule has 1 amide bonds. The van der Waals surface area contributed by atoms with Crippen LogP contribution in [0.5, 0.6) is 0 Å². The summed E-state index contributed by atoms with van der Waals surface area (Å²) in [5, 5.41) is 3.39. The summed E-state index contributed by atoms with van der Waals surface area (Å²) in [5.74, 6) is -4.63. The van der Waals surface area contributed by atoms with E-state index < -0.39 is 24.2 Å². The SMILES string of the molecule is CCCc1cc(C)c(-c2cc3cnc(NC(=O)C4CC4(F)F)cc3n(CC)c2=NC)cn1. The standard InChI is InChI=1S/C24H27F2N5O/c1-5-7-16-8-14(3)18(13-28-16)17-9-15-12-29-21(30-23(32)19-11-24(19,25)26)10-20(15)31(6-2)22(17)27-4/h8-10,12-13,19H,5-7,11H2,1-4H3,(H,29,30,32). The van der Waals surface area contributed by atoms with Gasteiger partial charge in [-0.3, -0.25) is 14.8 Å². The number of rotatable bonds is 6. The number of halogens is 2. The summed E-state index contributed by atoms with van der Waals surface area (Å²) >= 11 is 0. The molecule has 1 atom stereocenters. The maximum atomic E-state index is 13.2. The Balaban J connectivity index is 1.79. The van der Waals surface area contributed by atoms with Crippen LogP contribution >= 0.6 is 0 Å². The number of nitrogens with one attached hydrogen (secondary N) is 1. The minimum atomic E-state index is -2.91. The molecule has 6 nitrogen and oxygen atoms in total. The number of aryl methyl sites for hydroxylation is 3. The van der Waals surface area contributed by atoms with E-state index in [2.05, 4.69) is 40.2 Å². The van der Waals surface area contributed by atoms with Crippen LogP contribution in [-0.4, -0.2) is 33.4 Å². The zero-order valence-electron chi connectivity index (χ0n) is 18.7. The summed E-state index contributed by atoms with van der Waals surface area (Å²) in [6.45, 7) is 6.85. The smallest absolute Gasteiger partial charge is 0.260 e. The van der Waals surface area contributed by atoms with Crippen LogP contribution in [0.3, 0.4) is 0 Å². The van der Waals surface area contributed by atoms with Crippen molar-refractivity contribution in [2.24, 2.45) is 10.9 Å². The normalized spacial score (nSPS) is 17.6. The van der Waals surface area contributed by atoms with Crippen molar-refractivity contribution in [3.8, 4) is 11.1 Å². The quantitative estimate of drug-likeness (QED) is 0.615. The number of alkyl halides is 2. The number of hydrogen-bond donors (Lipinski definition) is 1. The van der Waals surface area contributed by atoms with E-state index >= 15 is 0 Å². The summed E-state index contributed by atoms with van der Waals surface area (Å²) in [4.78, 5) is 25.6. The van der Waals surface area contributed by atoms with Gasteiger partial charge in [0.15, 0.2) is 0 Å². The molecule has 3 aromatic heterocycles. The fraction of sp³-hybridized carbons (Fsp3) is 0.417. The van der Waals surface area contributed by atoms with Crippen LogP contribution in [0.25, 0.3) is 22.0 Å². The van der Waals surface area contributed by atoms with Crippen LogP contribution in [0.2, 0.25) is 0 Å². The van der Waals surface area contributed by atoms with Crippen molar-refractivity contribution in [2.45, 2.75) is 52.5 Å². The van der Waals surface area contributed by atoms with E-state index in [1.54, 1.807) is 19.3 Å². The van der Waals surface area contributed by atoms with Crippen LogP contribution < -0.4 is 10.8 Å². The number of anilines is 1. The highest BCUT2D eigenvalue weighted by Crippen LogP contribution is 2.49. The van der Waals surface area contributed by atoms with Crippen LogP contribution in [0.1, 0.15) is 37.9 Å². The molecule has 1 aliphatic carbocycles. The molecule has 32 heavy (non-hydrogen) atoms. The second-order valence-electron chi connectivity index (χ2n) is 8.23. The minimum absolute atomic E-state index is 0.254. The number of carbonyl (C=O) groups excluding carboxylic acids is 1. The van der Waals surface area contributed by atoms with Crippen molar-refractivity contribution < 1.29 is 13.6 Å². The summed E-state index contributed by atoms with van der Waals surface area (Å²) < 4.78 is 28.5. The molecule has 0 bridgehead atoms. The number of hydrogen-bond acceptors (Lipinski definition) is 4. The zero-order valence-corrected chi connectivity index (χ0v) is 18.7. The van der Waals surface area contributed by atoms with Crippen LogP contribution in [0.4, 0.5) is 14.6 Å². The van der Waals surface area contributed by atoms with Gasteiger partial charge in [0.2, 0.25) is 5.91 Å². The van der Waals surface area contributed by atoms with Gasteiger partial charge in [0, 0.05) is 60.7 Å². The average molecular weight is 440 g/mol. The maximum absolute atomic E-state index is 13.2. The van der Waals surface area contributed by atoms with Gasteiger partial charge in [-0.2, -0.15) is 0 Å². The molecule has 3 aromatic rings. The van der Waals surface area contributed by atoms with Crippen LogP contribution in [0, 0.1) is 12.8 Å². The Kier molecular flexibility index (Phi) is 5.79. The lowest BCUT2D eigenvalue weighted by atomic mass is 10.0. The van der Waals surface area contributed by atoms with E-state index in [1.165, 1.54) is 0 Å². The summed E-state index contributed by atoms with van der Waals surface area (Å²) in [7, 11) is 1.74. The maximum Gasteiger partial charge on any atom is 0.260 e. The topological polar surface area (TPSA) is 72.2 Å². The Morgan fingerprint density at radius 2 is 1.97 bits per heavy atom. The summed E-state index contributed by atoms with van der Waals surface area (Å²) in [6.07, 6.45) is 5.11. The number of pyridine rings is 3. The van der Waals surface area contributed by atoms with Crippen molar-refractivity contribution in [1.82, 2.24) is 14.5 Å². The molecule has 1 unspecified atom stereocenters. The lowest BCUT2D eigenvalue weighted by molar-refractivity contribution is -0.119. The highest BCUT2D eigenvalue weighted by molar-refractivity contribution is 5.96. The van der Waals surface area contributed by atoms with E-state index in [0.29, 0.717) is 6.54 Å². The zero-order chi connectivity index (χ0) is 23.0. The third-order valence-electron chi connectivity index (χ3n) is 5.88. The molecule has 0 radical (unpaired) electrons. The van der Waals surface area contributed by atoms with Crippen LogP contribution in [0.15, 0.2) is 35.6 Å². The highest BCUT2D eigenvalue weighted by atomic mass is 19.3. The first kappa shape index (κ1) is 22.0. The van der Waals surface area contributed by atoms with Crippen molar-refractivity contribution in [1.29, 1.82) is 0 Å². The van der Waals surface area contributed by atoms with E-state index in [1.807, 2.05) is 23.8 Å². The fourth-order valence-electron chi connectivity index (χ4n) is 4.11. The van der Waals surface area contributed by atoms with Gasteiger partial charge in [-0.05, 0) is 38.0 Å². The molecule has 3 heterocycles. The Morgan fingerprint density at radius 1 is 1.22 bits per heavy atom. The van der Waals surface area contributed by atoms with Gasteiger partial charge in [0.1, 0.15) is 17.2 Å². The summed E-state index contributed by atoms with van der Waals surface area (Å²) in [5.41, 5.74) is 5.74. The molecule has 1 aliphatic rings. The van der Waals surface area contributed by atoms with Gasteiger partial charge >= 0.3 is 0 Å².